The summed E-state index contributed by atoms with van der Waals surface area (Å²) in [6, 6.07) is 0. The molecule has 20 heavy (non-hydrogen) atoms. The molecule has 0 saturated heterocycles. The van der Waals surface area contributed by atoms with Crippen LogP contribution in [0.15, 0.2) is 4.99 Å². The van der Waals surface area contributed by atoms with Gasteiger partial charge in [0.1, 0.15) is 0 Å². The van der Waals surface area contributed by atoms with Crippen LogP contribution in [0.4, 0.5) is 0 Å². The highest BCUT2D eigenvalue weighted by molar-refractivity contribution is 5.85. The molecule has 1 aliphatic rings. The molecule has 1 fully saturated rings. The third kappa shape index (κ3) is 4.39. The van der Waals surface area contributed by atoms with Gasteiger partial charge in [0.15, 0.2) is 5.96 Å². The van der Waals surface area contributed by atoms with Crippen LogP contribution in [0.5, 0.6) is 0 Å². The van der Waals surface area contributed by atoms with Gasteiger partial charge in [0, 0.05) is 33.2 Å². The molecule has 0 heterocycles. The van der Waals surface area contributed by atoms with Crippen LogP contribution in [0.1, 0.15) is 46.5 Å². The molecule has 0 aromatic rings. The smallest absolute Gasteiger partial charge is 0.230 e. The van der Waals surface area contributed by atoms with Gasteiger partial charge in [-0.25, -0.2) is 0 Å². The summed E-state index contributed by atoms with van der Waals surface area (Å²) in [7, 11) is 5.44. The quantitative estimate of drug-likeness (QED) is 0.610. The molecule has 5 nitrogen and oxygen atoms in total. The molecule has 0 bridgehead atoms. The molecule has 116 valence electrons. The van der Waals surface area contributed by atoms with Gasteiger partial charge in [0.2, 0.25) is 5.91 Å². The SMILES string of the molecule is CN=C(NCC1(C(=O)N(C)C)CCCC1)NC(C)(C)C. The average Bonchev–Trinajstić information content (AvgIpc) is 2.82. The van der Waals surface area contributed by atoms with Gasteiger partial charge in [0.25, 0.3) is 0 Å². The van der Waals surface area contributed by atoms with Crippen molar-refractivity contribution < 1.29 is 4.79 Å². The Bertz CT molecular complexity index is 363. The molecule has 0 aromatic carbocycles. The van der Waals surface area contributed by atoms with E-state index in [4.69, 9.17) is 0 Å². The topological polar surface area (TPSA) is 56.7 Å². The van der Waals surface area contributed by atoms with Gasteiger partial charge in [-0.05, 0) is 33.6 Å². The normalized spacial score (nSPS) is 18.8. The van der Waals surface area contributed by atoms with Crippen LogP contribution < -0.4 is 10.6 Å². The van der Waals surface area contributed by atoms with Crippen molar-refractivity contribution in [2.75, 3.05) is 27.7 Å². The highest BCUT2D eigenvalue weighted by Crippen LogP contribution is 2.38. The first-order chi connectivity index (χ1) is 9.20. The molecule has 0 radical (unpaired) electrons. The molecular formula is C15H30N4O. The van der Waals surface area contributed by atoms with Crippen LogP contribution in [0, 0.1) is 5.41 Å². The summed E-state index contributed by atoms with van der Waals surface area (Å²) < 4.78 is 0. The molecular weight excluding hydrogens is 252 g/mol. The summed E-state index contributed by atoms with van der Waals surface area (Å²) in [5.41, 5.74) is -0.310. The lowest BCUT2D eigenvalue weighted by Crippen LogP contribution is -2.52. The molecule has 0 aliphatic heterocycles. The summed E-state index contributed by atoms with van der Waals surface area (Å²) in [6.45, 7) is 6.93. The average molecular weight is 282 g/mol. The van der Waals surface area contributed by atoms with E-state index in [9.17, 15) is 4.79 Å². The van der Waals surface area contributed by atoms with E-state index in [1.54, 1.807) is 11.9 Å². The number of hydrogen-bond donors (Lipinski definition) is 2. The Balaban J connectivity index is 2.70. The first kappa shape index (κ1) is 16.8. The van der Waals surface area contributed by atoms with E-state index in [0.717, 1.165) is 31.6 Å². The van der Waals surface area contributed by atoms with Crippen molar-refractivity contribution in [1.82, 2.24) is 15.5 Å². The lowest BCUT2D eigenvalue weighted by atomic mass is 9.84. The fourth-order valence-electron chi connectivity index (χ4n) is 2.78. The number of amides is 1. The van der Waals surface area contributed by atoms with Gasteiger partial charge in [-0.3, -0.25) is 9.79 Å². The zero-order valence-corrected chi connectivity index (χ0v) is 13.8. The fraction of sp³-hybridized carbons (Fsp3) is 0.867. The van der Waals surface area contributed by atoms with Gasteiger partial charge in [-0.15, -0.1) is 0 Å². The van der Waals surface area contributed by atoms with Crippen LogP contribution >= 0.6 is 0 Å². The molecule has 5 heteroatoms. The van der Waals surface area contributed by atoms with Crippen molar-refractivity contribution >= 4 is 11.9 Å². The lowest BCUT2D eigenvalue weighted by molar-refractivity contribution is -0.138. The van der Waals surface area contributed by atoms with Gasteiger partial charge in [-0.2, -0.15) is 0 Å². The van der Waals surface area contributed by atoms with Crippen molar-refractivity contribution in [3.8, 4) is 0 Å². The summed E-state index contributed by atoms with van der Waals surface area (Å²) in [5, 5.41) is 6.67. The molecule has 1 aliphatic carbocycles. The molecule has 1 saturated carbocycles. The number of nitrogens with one attached hydrogen (secondary N) is 2. The largest absolute Gasteiger partial charge is 0.355 e. The van der Waals surface area contributed by atoms with Crippen LogP contribution in [0.25, 0.3) is 0 Å². The van der Waals surface area contributed by atoms with Crippen molar-refractivity contribution in [2.45, 2.75) is 52.0 Å². The van der Waals surface area contributed by atoms with E-state index in [1.165, 1.54) is 0 Å². The number of hydrogen-bond acceptors (Lipinski definition) is 2. The Morgan fingerprint density at radius 2 is 1.80 bits per heavy atom. The molecule has 1 amide bonds. The molecule has 0 unspecified atom stereocenters. The number of guanidine groups is 1. The van der Waals surface area contributed by atoms with E-state index in [-0.39, 0.29) is 16.9 Å². The van der Waals surface area contributed by atoms with Crippen LogP contribution in [0.3, 0.4) is 0 Å². The minimum absolute atomic E-state index is 0.0454. The minimum atomic E-state index is -0.265. The third-order valence-corrected chi connectivity index (χ3v) is 3.73. The van der Waals surface area contributed by atoms with Crippen molar-refractivity contribution in [3.05, 3.63) is 0 Å². The fourth-order valence-corrected chi connectivity index (χ4v) is 2.78. The van der Waals surface area contributed by atoms with E-state index >= 15 is 0 Å². The maximum atomic E-state index is 12.5. The Hall–Kier alpha value is -1.26. The minimum Gasteiger partial charge on any atom is -0.355 e. The maximum absolute atomic E-state index is 12.5. The highest BCUT2D eigenvalue weighted by Gasteiger charge is 2.42. The molecule has 0 aromatic heterocycles. The van der Waals surface area contributed by atoms with E-state index in [0.29, 0.717) is 6.54 Å². The van der Waals surface area contributed by atoms with Crippen LogP contribution in [-0.4, -0.2) is 50.0 Å². The number of carbonyl (C=O) groups is 1. The maximum Gasteiger partial charge on any atom is 0.230 e. The predicted molar refractivity (Wildman–Crippen MR) is 83.8 cm³/mol. The molecule has 1 rings (SSSR count). The number of nitrogens with zero attached hydrogens (tertiary/aromatic N) is 2. The van der Waals surface area contributed by atoms with E-state index < -0.39 is 0 Å². The summed E-state index contributed by atoms with van der Waals surface area (Å²) >= 11 is 0. The van der Waals surface area contributed by atoms with Gasteiger partial charge in [0.05, 0.1) is 5.41 Å². The Morgan fingerprint density at radius 1 is 1.25 bits per heavy atom. The van der Waals surface area contributed by atoms with E-state index in [1.807, 2.05) is 14.1 Å². The van der Waals surface area contributed by atoms with Crippen LogP contribution in [-0.2, 0) is 4.79 Å². The molecule has 2 N–H and O–H groups in total. The first-order valence-corrected chi connectivity index (χ1v) is 7.41. The number of rotatable bonds is 3. The summed E-state index contributed by atoms with van der Waals surface area (Å²) in [5.74, 6) is 0.990. The van der Waals surface area contributed by atoms with Crippen molar-refractivity contribution in [1.29, 1.82) is 0 Å². The van der Waals surface area contributed by atoms with Gasteiger partial charge >= 0.3 is 0 Å². The van der Waals surface area contributed by atoms with Gasteiger partial charge in [-0.1, -0.05) is 12.8 Å². The Labute approximate surface area is 123 Å². The first-order valence-electron chi connectivity index (χ1n) is 7.41. The zero-order valence-electron chi connectivity index (χ0n) is 13.8. The number of aliphatic imine (C=N–C) groups is 1. The van der Waals surface area contributed by atoms with Crippen molar-refractivity contribution in [2.24, 2.45) is 10.4 Å². The Kier molecular flexibility index (Phi) is 5.42. The van der Waals surface area contributed by atoms with Crippen molar-refractivity contribution in [3.63, 3.8) is 0 Å². The second-order valence-electron chi connectivity index (χ2n) is 6.99. The standard InChI is InChI=1S/C15H30N4O/c1-14(2,3)18-13(16-4)17-11-15(9-7-8-10-15)12(20)19(5)6/h7-11H2,1-6H3,(H2,16,17,18). The highest BCUT2D eigenvalue weighted by atomic mass is 16.2. The van der Waals surface area contributed by atoms with Gasteiger partial charge < -0.3 is 15.5 Å². The number of carbonyl (C=O) groups excluding carboxylic acids is 1. The lowest BCUT2D eigenvalue weighted by Gasteiger charge is -2.32. The monoisotopic (exact) mass is 282 g/mol. The second kappa shape index (κ2) is 6.46. The second-order valence-corrected chi connectivity index (χ2v) is 6.99. The van der Waals surface area contributed by atoms with Crippen LogP contribution in [0.2, 0.25) is 0 Å². The third-order valence-electron chi connectivity index (χ3n) is 3.73. The Morgan fingerprint density at radius 3 is 2.20 bits per heavy atom. The van der Waals surface area contributed by atoms with E-state index in [2.05, 4.69) is 36.4 Å². The zero-order chi connectivity index (χ0) is 15.4. The molecule has 0 atom stereocenters. The summed E-state index contributed by atoms with van der Waals surface area (Å²) in [6.07, 6.45) is 4.19. The molecule has 0 spiro atoms. The summed E-state index contributed by atoms with van der Waals surface area (Å²) in [4.78, 5) is 18.4. The predicted octanol–water partition coefficient (Wildman–Crippen LogP) is 1.60.